The van der Waals surface area contributed by atoms with Gasteiger partial charge in [-0.1, -0.05) is 18.2 Å². The minimum absolute atomic E-state index is 0.0538. The Bertz CT molecular complexity index is 977. The van der Waals surface area contributed by atoms with Crippen LogP contribution in [-0.4, -0.2) is 79.1 Å². The van der Waals surface area contributed by atoms with E-state index in [4.69, 9.17) is 18.9 Å². The number of fused-ring (bicyclic) bond motifs is 1. The van der Waals surface area contributed by atoms with Crippen molar-refractivity contribution in [1.82, 2.24) is 9.80 Å². The number of ether oxygens (including phenoxy) is 4. The van der Waals surface area contributed by atoms with Gasteiger partial charge in [0.1, 0.15) is 43.5 Å². The topological polar surface area (TPSA) is 80.7 Å². The van der Waals surface area contributed by atoms with E-state index in [-0.39, 0.29) is 24.0 Å². The van der Waals surface area contributed by atoms with E-state index < -0.39 is 0 Å². The minimum Gasteiger partial charge on any atom is -0.508 e. The van der Waals surface area contributed by atoms with Crippen LogP contribution in [0.2, 0.25) is 0 Å². The molecule has 0 bridgehead atoms. The molecule has 3 aliphatic rings. The first-order chi connectivity index (χ1) is 16.6. The van der Waals surface area contributed by atoms with Crippen LogP contribution in [0, 0.1) is 5.92 Å². The lowest BCUT2D eigenvalue weighted by Gasteiger charge is -2.36. The molecule has 8 nitrogen and oxygen atoms in total. The average Bonchev–Trinajstić information content (AvgIpc) is 3.21. The predicted octanol–water partition coefficient (Wildman–Crippen LogP) is 3.53. The van der Waals surface area contributed by atoms with Crippen LogP contribution in [0.3, 0.4) is 0 Å². The summed E-state index contributed by atoms with van der Waals surface area (Å²) >= 11 is 0. The second-order valence-electron chi connectivity index (χ2n) is 9.26. The maximum absolute atomic E-state index is 12.3. The van der Waals surface area contributed by atoms with E-state index in [1.807, 2.05) is 24.3 Å². The number of likely N-dealkylation sites (tertiary alicyclic amines) is 1. The van der Waals surface area contributed by atoms with E-state index in [1.165, 1.54) is 0 Å². The number of hydrogen-bond donors (Lipinski definition) is 1. The van der Waals surface area contributed by atoms with Crippen LogP contribution in [0.5, 0.6) is 23.0 Å². The van der Waals surface area contributed by atoms with Crippen LogP contribution in [0.15, 0.2) is 48.5 Å². The van der Waals surface area contributed by atoms with E-state index in [0.29, 0.717) is 38.0 Å². The molecular weight excluding hydrogens is 436 g/mol. The molecular formula is C26H32N2O6. The zero-order chi connectivity index (χ0) is 23.3. The van der Waals surface area contributed by atoms with Crippen LogP contribution in [0.1, 0.15) is 19.3 Å². The lowest BCUT2D eigenvalue weighted by atomic mass is 9.93. The molecule has 2 saturated heterocycles. The summed E-state index contributed by atoms with van der Waals surface area (Å²) in [6, 6.07) is 14.4. The van der Waals surface area contributed by atoms with Gasteiger partial charge in [0.2, 0.25) is 0 Å². The van der Waals surface area contributed by atoms with Crippen LogP contribution < -0.4 is 14.2 Å². The molecule has 1 amide bonds. The third-order valence-electron chi connectivity index (χ3n) is 6.85. The molecule has 2 unspecified atom stereocenters. The number of nitrogens with zero attached hydrogens (tertiary/aromatic N) is 2. The van der Waals surface area contributed by atoms with Gasteiger partial charge in [-0.2, -0.15) is 0 Å². The van der Waals surface area contributed by atoms with E-state index in [0.717, 1.165) is 50.4 Å². The number of benzene rings is 2. The lowest BCUT2D eigenvalue weighted by molar-refractivity contribution is 0.0464. The molecule has 2 aromatic rings. The highest BCUT2D eigenvalue weighted by Crippen LogP contribution is 2.31. The molecule has 5 rings (SSSR count). The third kappa shape index (κ3) is 5.50. The summed E-state index contributed by atoms with van der Waals surface area (Å²) < 4.78 is 23.0. The monoisotopic (exact) mass is 468 g/mol. The first kappa shape index (κ1) is 22.7. The van der Waals surface area contributed by atoms with Gasteiger partial charge in [0.25, 0.3) is 0 Å². The Morgan fingerprint density at radius 2 is 1.82 bits per heavy atom. The summed E-state index contributed by atoms with van der Waals surface area (Å²) in [6.45, 7) is 4.87. The van der Waals surface area contributed by atoms with Gasteiger partial charge >= 0.3 is 6.09 Å². The maximum atomic E-state index is 12.3. The fraction of sp³-hybridized carbons (Fsp3) is 0.500. The number of para-hydroxylation sites is 2. The molecule has 1 N–H and O–H groups in total. The first-order valence-electron chi connectivity index (χ1n) is 12.1. The summed E-state index contributed by atoms with van der Waals surface area (Å²) in [7, 11) is 0. The number of carbonyl (C=O) groups is 1. The van der Waals surface area contributed by atoms with Gasteiger partial charge in [-0.05, 0) is 62.5 Å². The Morgan fingerprint density at radius 1 is 1.00 bits per heavy atom. The van der Waals surface area contributed by atoms with Gasteiger partial charge in [-0.3, -0.25) is 9.80 Å². The summed E-state index contributed by atoms with van der Waals surface area (Å²) in [5, 5.41) is 9.59. The normalized spacial score (nSPS) is 23.1. The highest BCUT2D eigenvalue weighted by Gasteiger charge is 2.34. The number of hydrogen-bond acceptors (Lipinski definition) is 7. The highest BCUT2D eigenvalue weighted by molar-refractivity contribution is 5.70. The number of carbonyl (C=O) groups excluding carboxylic acids is 1. The van der Waals surface area contributed by atoms with E-state index in [9.17, 15) is 9.90 Å². The number of phenolic OH excluding ortho intramolecular Hbond substituents is 1. The van der Waals surface area contributed by atoms with Crippen LogP contribution >= 0.6 is 0 Å². The molecule has 182 valence electrons. The van der Waals surface area contributed by atoms with Crippen LogP contribution in [0.4, 0.5) is 4.79 Å². The second kappa shape index (κ2) is 10.4. The Morgan fingerprint density at radius 3 is 2.65 bits per heavy atom. The fourth-order valence-electron chi connectivity index (χ4n) is 4.89. The van der Waals surface area contributed by atoms with Crippen LogP contribution in [0.25, 0.3) is 0 Å². The van der Waals surface area contributed by atoms with Gasteiger partial charge < -0.3 is 24.1 Å². The van der Waals surface area contributed by atoms with Gasteiger partial charge in [0.05, 0.1) is 0 Å². The van der Waals surface area contributed by atoms with Crippen molar-refractivity contribution >= 4 is 6.09 Å². The predicted molar refractivity (Wildman–Crippen MR) is 126 cm³/mol. The SMILES string of the molecule is O=C1OCC(COc2cccc(O)c2)N1CCC1CCN(CC2COc3ccccc3O2)CC1. The molecule has 0 aromatic heterocycles. The third-order valence-corrected chi connectivity index (χ3v) is 6.85. The van der Waals surface area contributed by atoms with Crippen molar-refractivity contribution in [3.63, 3.8) is 0 Å². The summed E-state index contributed by atoms with van der Waals surface area (Å²) in [5.41, 5.74) is 0. The lowest BCUT2D eigenvalue weighted by Crippen LogP contribution is -2.44. The molecule has 2 fully saturated rings. The van der Waals surface area contributed by atoms with E-state index in [1.54, 1.807) is 29.2 Å². The van der Waals surface area contributed by atoms with Gasteiger partial charge in [0, 0.05) is 19.2 Å². The second-order valence-corrected chi connectivity index (χ2v) is 9.26. The Hall–Kier alpha value is -3.13. The quantitative estimate of drug-likeness (QED) is 0.635. The molecule has 2 atom stereocenters. The van der Waals surface area contributed by atoms with Gasteiger partial charge in [-0.15, -0.1) is 0 Å². The van der Waals surface area contributed by atoms with Crippen LogP contribution in [-0.2, 0) is 4.74 Å². The number of rotatable bonds is 8. The maximum Gasteiger partial charge on any atom is 0.410 e. The Kier molecular flexibility index (Phi) is 6.94. The number of piperidine rings is 1. The van der Waals surface area contributed by atoms with Crippen molar-refractivity contribution in [1.29, 1.82) is 0 Å². The number of phenols is 1. The Balaban J connectivity index is 1.04. The molecule has 2 aromatic carbocycles. The van der Waals surface area contributed by atoms with Gasteiger partial charge in [-0.25, -0.2) is 4.79 Å². The Labute approximate surface area is 200 Å². The summed E-state index contributed by atoms with van der Waals surface area (Å²) in [5.74, 6) is 2.98. The molecule has 0 radical (unpaired) electrons. The van der Waals surface area contributed by atoms with Crippen molar-refractivity contribution < 1.29 is 28.8 Å². The van der Waals surface area contributed by atoms with Crippen molar-refractivity contribution in [2.75, 3.05) is 46.0 Å². The number of aromatic hydroxyl groups is 1. The zero-order valence-electron chi connectivity index (χ0n) is 19.3. The van der Waals surface area contributed by atoms with Crippen molar-refractivity contribution in [2.24, 2.45) is 5.92 Å². The smallest absolute Gasteiger partial charge is 0.410 e. The zero-order valence-corrected chi connectivity index (χ0v) is 19.3. The van der Waals surface area contributed by atoms with E-state index in [2.05, 4.69) is 4.90 Å². The van der Waals surface area contributed by atoms with Crippen molar-refractivity contribution in [3.8, 4) is 23.0 Å². The number of cyclic esters (lactones) is 1. The largest absolute Gasteiger partial charge is 0.508 e. The molecule has 3 aliphatic heterocycles. The molecule has 0 aliphatic carbocycles. The average molecular weight is 469 g/mol. The standard InChI is InChI=1S/C26H32N2O6/c29-21-4-3-5-22(14-21)31-16-20-17-33-26(30)28(20)13-10-19-8-11-27(12-9-19)15-23-18-32-24-6-1-2-7-25(24)34-23/h1-7,14,19-20,23,29H,8-13,15-18H2. The van der Waals surface area contributed by atoms with Crippen molar-refractivity contribution in [3.05, 3.63) is 48.5 Å². The highest BCUT2D eigenvalue weighted by atomic mass is 16.6. The van der Waals surface area contributed by atoms with E-state index >= 15 is 0 Å². The summed E-state index contributed by atoms with van der Waals surface area (Å²) in [6.07, 6.45) is 2.96. The molecule has 8 heteroatoms. The van der Waals surface area contributed by atoms with Gasteiger partial charge in [0.15, 0.2) is 11.5 Å². The molecule has 0 saturated carbocycles. The molecule has 0 spiro atoms. The fourth-order valence-corrected chi connectivity index (χ4v) is 4.89. The summed E-state index contributed by atoms with van der Waals surface area (Å²) in [4.78, 5) is 16.5. The number of amides is 1. The van der Waals surface area contributed by atoms with Crippen molar-refractivity contribution in [2.45, 2.75) is 31.4 Å². The minimum atomic E-state index is -0.267. The molecule has 3 heterocycles. The molecule has 34 heavy (non-hydrogen) atoms. The first-order valence-corrected chi connectivity index (χ1v) is 12.1.